The number of hydrogen-bond donors (Lipinski definition) is 2. The van der Waals surface area contributed by atoms with Gasteiger partial charge in [0.25, 0.3) is 0 Å². The molecular formula is C18H31NO2. The Labute approximate surface area is 129 Å². The number of hydrogen-bond acceptors (Lipinski definition) is 3. The van der Waals surface area contributed by atoms with Gasteiger partial charge in [-0.25, -0.2) is 0 Å². The average Bonchev–Trinajstić information content (AvgIpc) is 2.43. The monoisotopic (exact) mass is 293 g/mol. The van der Waals surface area contributed by atoms with Gasteiger partial charge in [0.15, 0.2) is 0 Å². The largest absolute Gasteiger partial charge is 0.493 e. The number of nitrogens with one attached hydrogen (secondary N) is 1. The summed E-state index contributed by atoms with van der Waals surface area (Å²) >= 11 is 0. The summed E-state index contributed by atoms with van der Waals surface area (Å²) < 4.78 is 5.99. The minimum Gasteiger partial charge on any atom is -0.493 e. The Morgan fingerprint density at radius 2 is 1.86 bits per heavy atom. The summed E-state index contributed by atoms with van der Waals surface area (Å²) in [5.41, 5.74) is 2.37. The van der Waals surface area contributed by atoms with Gasteiger partial charge in [-0.1, -0.05) is 38.5 Å². The van der Waals surface area contributed by atoms with Crippen molar-refractivity contribution in [1.82, 2.24) is 5.32 Å². The molecule has 0 amide bonds. The molecule has 0 saturated heterocycles. The quantitative estimate of drug-likeness (QED) is 0.757. The van der Waals surface area contributed by atoms with E-state index in [1.807, 2.05) is 14.0 Å². The van der Waals surface area contributed by atoms with E-state index in [9.17, 15) is 5.11 Å². The summed E-state index contributed by atoms with van der Waals surface area (Å²) in [5.74, 6) is 0.975. The molecule has 1 aromatic rings. The summed E-state index contributed by atoms with van der Waals surface area (Å²) in [7, 11) is 1.88. The van der Waals surface area contributed by atoms with Crippen LogP contribution >= 0.6 is 0 Å². The molecule has 0 aliphatic carbocycles. The van der Waals surface area contributed by atoms with Crippen LogP contribution in [0, 0.1) is 6.92 Å². The fraction of sp³-hybridized carbons (Fsp3) is 0.667. The minimum absolute atomic E-state index is 0.0753. The van der Waals surface area contributed by atoms with Crippen molar-refractivity contribution in [2.24, 2.45) is 0 Å². The lowest BCUT2D eigenvalue weighted by Gasteiger charge is -2.27. The molecule has 0 aromatic heterocycles. The molecule has 1 aromatic carbocycles. The van der Waals surface area contributed by atoms with Gasteiger partial charge in [-0.3, -0.25) is 0 Å². The van der Waals surface area contributed by atoms with Crippen LogP contribution in [0.1, 0.15) is 51.7 Å². The van der Waals surface area contributed by atoms with E-state index in [0.717, 1.165) is 18.6 Å². The first-order valence-electron chi connectivity index (χ1n) is 7.75. The second kappa shape index (κ2) is 7.28. The molecule has 0 bridgehead atoms. The Morgan fingerprint density at radius 1 is 1.19 bits per heavy atom. The highest BCUT2D eigenvalue weighted by Crippen LogP contribution is 2.32. The van der Waals surface area contributed by atoms with Gasteiger partial charge in [0.05, 0.1) is 13.2 Å². The Morgan fingerprint density at radius 3 is 2.38 bits per heavy atom. The summed E-state index contributed by atoms with van der Waals surface area (Å²) in [5, 5.41) is 12.5. The third kappa shape index (κ3) is 5.33. The molecule has 1 atom stereocenters. The second-order valence-corrected chi connectivity index (χ2v) is 7.17. The summed E-state index contributed by atoms with van der Waals surface area (Å²) in [4.78, 5) is 0. The fourth-order valence-electron chi connectivity index (χ4n) is 2.28. The Balaban J connectivity index is 2.64. The third-order valence-corrected chi connectivity index (χ3v) is 4.03. The number of ether oxygens (including phenoxy) is 1. The van der Waals surface area contributed by atoms with Crippen molar-refractivity contribution in [3.63, 3.8) is 0 Å². The van der Waals surface area contributed by atoms with Crippen molar-refractivity contribution in [2.75, 3.05) is 20.3 Å². The van der Waals surface area contributed by atoms with Gasteiger partial charge in [-0.15, -0.1) is 0 Å². The van der Waals surface area contributed by atoms with E-state index in [2.05, 4.69) is 51.2 Å². The lowest BCUT2D eigenvalue weighted by atomic mass is 9.85. The maximum absolute atomic E-state index is 9.38. The van der Waals surface area contributed by atoms with Crippen molar-refractivity contribution in [3.05, 3.63) is 29.3 Å². The molecule has 1 rings (SSSR count). The number of rotatable bonds is 7. The van der Waals surface area contributed by atoms with Crippen LogP contribution < -0.4 is 10.1 Å². The van der Waals surface area contributed by atoms with E-state index in [0.29, 0.717) is 6.61 Å². The zero-order chi connectivity index (χ0) is 16.1. The van der Waals surface area contributed by atoms with Gasteiger partial charge in [-0.05, 0) is 50.8 Å². The third-order valence-electron chi connectivity index (χ3n) is 4.03. The van der Waals surface area contributed by atoms with Gasteiger partial charge in [0.1, 0.15) is 5.75 Å². The second-order valence-electron chi connectivity index (χ2n) is 7.17. The molecule has 0 aliphatic heterocycles. The van der Waals surface area contributed by atoms with Gasteiger partial charge >= 0.3 is 0 Å². The first-order valence-corrected chi connectivity index (χ1v) is 7.75. The van der Waals surface area contributed by atoms with Crippen LogP contribution in [0.5, 0.6) is 5.75 Å². The smallest absolute Gasteiger partial charge is 0.123 e. The van der Waals surface area contributed by atoms with E-state index >= 15 is 0 Å². The maximum Gasteiger partial charge on any atom is 0.123 e. The molecule has 0 fully saturated rings. The summed E-state index contributed by atoms with van der Waals surface area (Å²) in [6.07, 6.45) is 1.80. The fourth-order valence-corrected chi connectivity index (χ4v) is 2.28. The van der Waals surface area contributed by atoms with Crippen LogP contribution in [-0.2, 0) is 5.41 Å². The number of likely N-dealkylation sites (N-methyl/N-ethyl adjacent to an activating group) is 1. The maximum atomic E-state index is 9.38. The van der Waals surface area contributed by atoms with Crippen LogP contribution in [-0.4, -0.2) is 30.9 Å². The van der Waals surface area contributed by atoms with E-state index in [1.54, 1.807) is 0 Å². The number of aliphatic hydroxyl groups excluding tert-OH is 1. The minimum atomic E-state index is -0.219. The topological polar surface area (TPSA) is 41.5 Å². The first-order chi connectivity index (χ1) is 9.72. The molecule has 0 aliphatic rings. The molecule has 21 heavy (non-hydrogen) atoms. The molecule has 0 spiro atoms. The lowest BCUT2D eigenvalue weighted by Crippen LogP contribution is -2.43. The number of benzene rings is 1. The van der Waals surface area contributed by atoms with Crippen LogP contribution in [0.4, 0.5) is 0 Å². The highest BCUT2D eigenvalue weighted by atomic mass is 16.5. The predicted octanol–water partition coefficient (Wildman–Crippen LogP) is 3.42. The highest BCUT2D eigenvalue weighted by molar-refractivity contribution is 5.41. The van der Waals surface area contributed by atoms with E-state index in [1.165, 1.54) is 11.1 Å². The predicted molar refractivity (Wildman–Crippen MR) is 89.2 cm³/mol. The number of aliphatic hydroxyl groups is 1. The van der Waals surface area contributed by atoms with Gasteiger partial charge in [0.2, 0.25) is 0 Å². The van der Waals surface area contributed by atoms with Crippen LogP contribution in [0.15, 0.2) is 18.2 Å². The van der Waals surface area contributed by atoms with Crippen molar-refractivity contribution < 1.29 is 9.84 Å². The highest BCUT2D eigenvalue weighted by Gasteiger charge is 2.21. The molecule has 0 heterocycles. The molecule has 1 unspecified atom stereocenters. The molecule has 120 valence electrons. The molecular weight excluding hydrogens is 262 g/mol. The normalized spacial score (nSPS) is 14.8. The van der Waals surface area contributed by atoms with E-state index in [4.69, 9.17) is 4.74 Å². The molecule has 0 saturated carbocycles. The zero-order valence-electron chi connectivity index (χ0n) is 14.4. The standard InChI is InChI=1S/C18H31NO2/c1-14-8-9-16(15(12-14)17(2,3)4)21-11-7-10-18(5,13-20)19-6/h8-9,12,19-20H,7,10-11,13H2,1-6H3. The van der Waals surface area contributed by atoms with Crippen LogP contribution in [0.2, 0.25) is 0 Å². The van der Waals surface area contributed by atoms with Crippen molar-refractivity contribution >= 4 is 0 Å². The molecule has 0 radical (unpaired) electrons. The van der Waals surface area contributed by atoms with Crippen LogP contribution in [0.3, 0.4) is 0 Å². The average molecular weight is 293 g/mol. The molecule has 3 heteroatoms. The Hall–Kier alpha value is -1.06. The molecule has 3 nitrogen and oxygen atoms in total. The van der Waals surface area contributed by atoms with Crippen LogP contribution in [0.25, 0.3) is 0 Å². The van der Waals surface area contributed by atoms with Gasteiger partial charge in [-0.2, -0.15) is 0 Å². The summed E-state index contributed by atoms with van der Waals surface area (Å²) in [6, 6.07) is 6.37. The molecule has 2 N–H and O–H groups in total. The van der Waals surface area contributed by atoms with Crippen molar-refractivity contribution in [3.8, 4) is 5.75 Å². The Kier molecular flexibility index (Phi) is 6.24. The summed E-state index contributed by atoms with van der Waals surface area (Å²) in [6.45, 7) is 11.6. The first kappa shape index (κ1) is 18.0. The van der Waals surface area contributed by atoms with Gasteiger partial charge < -0.3 is 15.2 Å². The lowest BCUT2D eigenvalue weighted by molar-refractivity contribution is 0.163. The zero-order valence-corrected chi connectivity index (χ0v) is 14.4. The van der Waals surface area contributed by atoms with E-state index in [-0.39, 0.29) is 17.6 Å². The Bertz CT molecular complexity index is 445. The van der Waals surface area contributed by atoms with Crippen molar-refractivity contribution in [1.29, 1.82) is 0 Å². The van der Waals surface area contributed by atoms with Gasteiger partial charge in [0, 0.05) is 5.54 Å². The number of aryl methyl sites for hydroxylation is 1. The SMILES string of the molecule is CNC(C)(CO)CCCOc1ccc(C)cc1C(C)(C)C. The van der Waals surface area contributed by atoms with Crippen molar-refractivity contribution in [2.45, 2.75) is 58.4 Å². The van der Waals surface area contributed by atoms with E-state index < -0.39 is 0 Å².